The normalized spacial score (nSPS) is 30.2. The highest BCUT2D eigenvalue weighted by atomic mass is 16.1. The van der Waals surface area contributed by atoms with Crippen LogP contribution in [0.25, 0.3) is 0 Å². The molecule has 72 valence electrons. The number of rotatable bonds is 3. The first-order valence-corrected chi connectivity index (χ1v) is 5.05. The smallest absolute Gasteiger partial charge is 0.157 e. The lowest BCUT2D eigenvalue weighted by Crippen LogP contribution is -2.16. The van der Waals surface area contributed by atoms with E-state index in [1.54, 1.807) is 6.08 Å². The molecule has 0 aromatic rings. The molecular weight excluding hydrogens is 162 g/mol. The Kier molecular flexibility index (Phi) is 1.94. The predicted molar refractivity (Wildman–Crippen MR) is 52.2 cm³/mol. The van der Waals surface area contributed by atoms with Gasteiger partial charge in [0.1, 0.15) is 0 Å². The quantitative estimate of drug-likeness (QED) is 0.716. The fourth-order valence-corrected chi connectivity index (χ4v) is 1.91. The van der Waals surface area contributed by atoms with Gasteiger partial charge in [-0.3, -0.25) is 4.79 Å². The number of hydrogen-bond donors (Lipinski definition) is 1. The van der Waals surface area contributed by atoms with Crippen LogP contribution in [0.5, 0.6) is 0 Å². The Morgan fingerprint density at radius 3 is 2.69 bits per heavy atom. The summed E-state index contributed by atoms with van der Waals surface area (Å²) in [5, 5.41) is 3.37. The van der Waals surface area contributed by atoms with Crippen LogP contribution in [0.2, 0.25) is 0 Å². The van der Waals surface area contributed by atoms with Crippen LogP contribution in [0.3, 0.4) is 0 Å². The maximum absolute atomic E-state index is 10.9. The van der Waals surface area contributed by atoms with Crippen molar-refractivity contribution in [1.82, 2.24) is 5.32 Å². The molecule has 0 bridgehead atoms. The van der Waals surface area contributed by atoms with Crippen molar-refractivity contribution < 1.29 is 4.79 Å². The average molecular weight is 179 g/mol. The summed E-state index contributed by atoms with van der Waals surface area (Å²) < 4.78 is 0. The first-order chi connectivity index (χ1) is 6.08. The van der Waals surface area contributed by atoms with E-state index in [2.05, 4.69) is 19.2 Å². The lowest BCUT2D eigenvalue weighted by molar-refractivity contribution is -0.114. The van der Waals surface area contributed by atoms with Gasteiger partial charge in [-0.2, -0.15) is 0 Å². The van der Waals surface area contributed by atoms with E-state index in [0.29, 0.717) is 11.8 Å². The standard InChI is InChI=1S/C11H17NO/c1-11(2)6-8(11)7-12-9-3-4-10(13)5-9/h5,8,12H,3-4,6-7H2,1-2H3. The van der Waals surface area contributed by atoms with E-state index in [1.165, 1.54) is 6.42 Å². The van der Waals surface area contributed by atoms with E-state index in [9.17, 15) is 4.79 Å². The van der Waals surface area contributed by atoms with E-state index in [-0.39, 0.29) is 5.78 Å². The molecule has 1 saturated carbocycles. The van der Waals surface area contributed by atoms with Gasteiger partial charge < -0.3 is 5.32 Å². The van der Waals surface area contributed by atoms with Gasteiger partial charge in [-0.05, 0) is 24.2 Å². The van der Waals surface area contributed by atoms with Gasteiger partial charge in [0.25, 0.3) is 0 Å². The molecule has 0 aliphatic heterocycles. The Bertz CT molecular complexity index is 265. The fourth-order valence-electron chi connectivity index (χ4n) is 1.91. The Morgan fingerprint density at radius 2 is 2.23 bits per heavy atom. The molecule has 0 spiro atoms. The molecule has 0 aromatic carbocycles. The zero-order valence-corrected chi connectivity index (χ0v) is 8.39. The fraction of sp³-hybridized carbons (Fsp3) is 0.727. The first-order valence-electron chi connectivity index (χ1n) is 5.05. The van der Waals surface area contributed by atoms with Gasteiger partial charge in [0.2, 0.25) is 0 Å². The van der Waals surface area contributed by atoms with Crippen LogP contribution >= 0.6 is 0 Å². The van der Waals surface area contributed by atoms with Gasteiger partial charge in [0.15, 0.2) is 5.78 Å². The molecule has 2 aliphatic rings. The summed E-state index contributed by atoms with van der Waals surface area (Å²) in [5.74, 6) is 1.08. The topological polar surface area (TPSA) is 29.1 Å². The number of ketones is 1. The van der Waals surface area contributed by atoms with Gasteiger partial charge in [-0.25, -0.2) is 0 Å². The molecule has 1 N–H and O–H groups in total. The van der Waals surface area contributed by atoms with Crippen molar-refractivity contribution in [3.8, 4) is 0 Å². The van der Waals surface area contributed by atoms with Crippen LogP contribution in [0, 0.1) is 11.3 Å². The van der Waals surface area contributed by atoms with E-state index in [1.807, 2.05) is 0 Å². The highest BCUT2D eigenvalue weighted by Gasteiger charge is 2.45. The molecule has 0 amide bonds. The molecule has 2 aliphatic carbocycles. The molecule has 0 heterocycles. The predicted octanol–water partition coefficient (Wildman–Crippen LogP) is 1.87. The van der Waals surface area contributed by atoms with Gasteiger partial charge in [0, 0.05) is 24.7 Å². The number of allylic oxidation sites excluding steroid dienone is 2. The van der Waals surface area contributed by atoms with Crippen molar-refractivity contribution in [3.05, 3.63) is 11.8 Å². The summed E-state index contributed by atoms with van der Waals surface area (Å²) in [6, 6.07) is 0. The minimum atomic E-state index is 0.276. The molecule has 0 radical (unpaired) electrons. The maximum Gasteiger partial charge on any atom is 0.157 e. The number of nitrogens with one attached hydrogen (secondary N) is 1. The lowest BCUT2D eigenvalue weighted by atomic mass is 10.1. The first kappa shape index (κ1) is 8.79. The second-order valence-electron chi connectivity index (χ2n) is 4.91. The monoisotopic (exact) mass is 179 g/mol. The third-order valence-corrected chi connectivity index (χ3v) is 3.27. The number of carbonyl (C=O) groups excluding carboxylic acids is 1. The van der Waals surface area contributed by atoms with E-state index < -0.39 is 0 Å². The van der Waals surface area contributed by atoms with E-state index in [0.717, 1.165) is 24.6 Å². The van der Waals surface area contributed by atoms with Gasteiger partial charge in [-0.1, -0.05) is 13.8 Å². The van der Waals surface area contributed by atoms with Crippen molar-refractivity contribution in [2.24, 2.45) is 11.3 Å². The highest BCUT2D eigenvalue weighted by Crippen LogP contribution is 2.51. The molecule has 1 unspecified atom stereocenters. The van der Waals surface area contributed by atoms with Crippen LogP contribution in [-0.2, 0) is 4.79 Å². The molecule has 1 atom stereocenters. The third kappa shape index (κ3) is 1.93. The molecule has 2 heteroatoms. The van der Waals surface area contributed by atoms with Gasteiger partial charge >= 0.3 is 0 Å². The van der Waals surface area contributed by atoms with Crippen LogP contribution in [-0.4, -0.2) is 12.3 Å². The molecule has 2 nitrogen and oxygen atoms in total. The summed E-state index contributed by atoms with van der Waals surface area (Å²) in [7, 11) is 0. The van der Waals surface area contributed by atoms with E-state index in [4.69, 9.17) is 0 Å². The second-order valence-corrected chi connectivity index (χ2v) is 4.91. The van der Waals surface area contributed by atoms with Crippen LogP contribution in [0.4, 0.5) is 0 Å². The SMILES string of the molecule is CC1(C)CC1CNC1=CC(=O)CC1. The summed E-state index contributed by atoms with van der Waals surface area (Å²) in [6.45, 7) is 5.65. The second kappa shape index (κ2) is 2.86. The van der Waals surface area contributed by atoms with Gasteiger partial charge in [-0.15, -0.1) is 0 Å². The molecule has 1 fully saturated rings. The van der Waals surface area contributed by atoms with Crippen LogP contribution in [0.1, 0.15) is 33.1 Å². The van der Waals surface area contributed by atoms with Crippen molar-refractivity contribution >= 4 is 5.78 Å². The average Bonchev–Trinajstić information content (AvgIpc) is 2.45. The summed E-state index contributed by atoms with van der Waals surface area (Å²) in [6.07, 6.45) is 4.71. The molecule has 13 heavy (non-hydrogen) atoms. The van der Waals surface area contributed by atoms with E-state index >= 15 is 0 Å². The number of hydrogen-bond acceptors (Lipinski definition) is 2. The Labute approximate surface area is 79.4 Å². The maximum atomic E-state index is 10.9. The Hall–Kier alpha value is -0.790. The van der Waals surface area contributed by atoms with Crippen LogP contribution < -0.4 is 5.32 Å². The molecule has 0 saturated heterocycles. The zero-order chi connectivity index (χ0) is 9.47. The molecule has 2 rings (SSSR count). The lowest BCUT2D eigenvalue weighted by Gasteiger charge is -2.07. The minimum absolute atomic E-state index is 0.276. The Balaban J connectivity index is 1.75. The van der Waals surface area contributed by atoms with Crippen molar-refractivity contribution in [2.75, 3.05) is 6.54 Å². The van der Waals surface area contributed by atoms with Crippen molar-refractivity contribution in [3.63, 3.8) is 0 Å². The molecule has 0 aromatic heterocycles. The summed E-state index contributed by atoms with van der Waals surface area (Å²) in [5.41, 5.74) is 1.68. The van der Waals surface area contributed by atoms with Gasteiger partial charge in [0.05, 0.1) is 0 Å². The highest BCUT2D eigenvalue weighted by molar-refractivity contribution is 5.92. The summed E-state index contributed by atoms with van der Waals surface area (Å²) in [4.78, 5) is 10.9. The largest absolute Gasteiger partial charge is 0.388 e. The molecular formula is C11H17NO. The summed E-state index contributed by atoms with van der Waals surface area (Å²) >= 11 is 0. The Morgan fingerprint density at radius 1 is 1.54 bits per heavy atom. The van der Waals surface area contributed by atoms with Crippen LogP contribution in [0.15, 0.2) is 11.8 Å². The van der Waals surface area contributed by atoms with Crippen molar-refractivity contribution in [1.29, 1.82) is 0 Å². The van der Waals surface area contributed by atoms with Crippen molar-refractivity contribution in [2.45, 2.75) is 33.1 Å². The zero-order valence-electron chi connectivity index (χ0n) is 8.39. The number of carbonyl (C=O) groups is 1. The minimum Gasteiger partial charge on any atom is -0.388 e. The third-order valence-electron chi connectivity index (χ3n) is 3.27.